The van der Waals surface area contributed by atoms with Crippen molar-refractivity contribution in [2.75, 3.05) is 32.4 Å². The van der Waals surface area contributed by atoms with Crippen molar-refractivity contribution in [2.45, 2.75) is 56.8 Å². The summed E-state index contributed by atoms with van der Waals surface area (Å²) in [6.07, 6.45) is -1.43. The van der Waals surface area contributed by atoms with Gasteiger partial charge in [-0.05, 0) is 31.0 Å². The van der Waals surface area contributed by atoms with Crippen LogP contribution in [0.5, 0.6) is 0 Å². The summed E-state index contributed by atoms with van der Waals surface area (Å²) in [5.41, 5.74) is 8.16. The lowest BCUT2D eigenvalue weighted by atomic mass is 9.87. The maximum Gasteiger partial charge on any atom is 0.416 e. The topological polar surface area (TPSA) is 136 Å². The highest BCUT2D eigenvalue weighted by Crippen LogP contribution is 2.37. The Labute approximate surface area is 242 Å². The third-order valence-electron chi connectivity index (χ3n) is 8.12. The molecule has 3 N–H and O–H groups in total. The van der Waals surface area contributed by atoms with Crippen molar-refractivity contribution >= 4 is 10.0 Å². The van der Waals surface area contributed by atoms with E-state index >= 15 is 0 Å². The molecule has 1 aromatic carbocycles. The van der Waals surface area contributed by atoms with Crippen molar-refractivity contribution in [2.24, 2.45) is 0 Å². The minimum absolute atomic E-state index is 0.00898. The Balaban J connectivity index is 1.37. The maximum absolute atomic E-state index is 13.5. The number of halogens is 3. The van der Waals surface area contributed by atoms with Gasteiger partial charge in [-0.1, -0.05) is 23.8 Å². The zero-order valence-corrected chi connectivity index (χ0v) is 24.0. The van der Waals surface area contributed by atoms with Crippen LogP contribution in [0.3, 0.4) is 0 Å². The molecule has 0 amide bonds. The monoisotopic (exact) mass is 607 g/mol. The fourth-order valence-electron chi connectivity index (χ4n) is 5.85. The van der Waals surface area contributed by atoms with Crippen molar-refractivity contribution in [1.82, 2.24) is 24.0 Å². The summed E-state index contributed by atoms with van der Waals surface area (Å²) < 4.78 is 68.0. The molecule has 10 nitrogen and oxygen atoms in total. The highest BCUT2D eigenvalue weighted by Gasteiger charge is 2.36. The van der Waals surface area contributed by atoms with Crippen LogP contribution in [-0.2, 0) is 47.9 Å². The molecule has 3 aromatic rings. The number of pyridine rings is 1. The number of β-amino-alcohol motifs (C(OH)–C–C–N with tert-alkyl or cyclic N) is 1. The van der Waals surface area contributed by atoms with Crippen LogP contribution in [0.25, 0.3) is 17.0 Å². The SMILES string of the molecule is CS(=O)(=O)N1CCc2c(c(-c3ccc(C(F)(F)F)c(C[NH-])c3)nn2CC(O)CN2CCC(O)(c3ccccn3)CC2)C1. The number of hydrogen-bond acceptors (Lipinski definition) is 7. The maximum atomic E-state index is 13.5. The van der Waals surface area contributed by atoms with Crippen molar-refractivity contribution in [3.63, 3.8) is 0 Å². The standard InChI is InChI=1S/C28H34F3N6O4S/c1-42(40,41)36-11-7-24-22(18-36)26(19-5-6-23(28(29,30)31)20(14-19)15-32)34-37(24)17-21(38)16-35-12-8-27(39,9-13-35)25-4-2-3-10-33-25/h2-6,10,14,21,32,38-39H,7-9,11-13,15-18H2,1H3/q-1. The van der Waals surface area contributed by atoms with Crippen LogP contribution in [0.4, 0.5) is 13.2 Å². The summed E-state index contributed by atoms with van der Waals surface area (Å²) in [5.74, 6) is 0. The summed E-state index contributed by atoms with van der Waals surface area (Å²) in [5, 5.41) is 26.8. The Morgan fingerprint density at radius 1 is 1.12 bits per heavy atom. The molecule has 1 atom stereocenters. The number of nitrogens with one attached hydrogen (secondary N) is 1. The van der Waals surface area contributed by atoms with Gasteiger partial charge in [0, 0.05) is 62.2 Å². The first-order valence-corrected chi connectivity index (χ1v) is 15.6. The minimum atomic E-state index is -4.60. The average molecular weight is 608 g/mol. The number of benzene rings is 1. The van der Waals surface area contributed by atoms with Gasteiger partial charge < -0.3 is 20.8 Å². The number of hydrogen-bond donors (Lipinski definition) is 2. The number of nitrogens with zero attached hydrogens (tertiary/aromatic N) is 5. The summed E-state index contributed by atoms with van der Waals surface area (Å²) >= 11 is 0. The van der Waals surface area contributed by atoms with Gasteiger partial charge in [0.15, 0.2) is 0 Å². The van der Waals surface area contributed by atoms with Gasteiger partial charge in [0.1, 0.15) is 5.60 Å². The van der Waals surface area contributed by atoms with Crippen molar-refractivity contribution < 1.29 is 31.8 Å². The molecule has 228 valence electrons. The number of aliphatic hydroxyl groups excluding tert-OH is 1. The van der Waals surface area contributed by atoms with Gasteiger partial charge >= 0.3 is 6.18 Å². The molecule has 2 aromatic heterocycles. The molecule has 2 aliphatic heterocycles. The molecule has 0 saturated carbocycles. The van der Waals surface area contributed by atoms with Crippen LogP contribution < -0.4 is 0 Å². The summed E-state index contributed by atoms with van der Waals surface area (Å²) in [4.78, 5) is 6.35. The largest absolute Gasteiger partial charge is 0.674 e. The smallest absolute Gasteiger partial charge is 0.416 e. The third-order valence-corrected chi connectivity index (χ3v) is 9.37. The fraction of sp³-hybridized carbons (Fsp3) is 0.500. The second kappa shape index (κ2) is 11.7. The zero-order chi connectivity index (χ0) is 30.3. The first-order valence-electron chi connectivity index (χ1n) is 13.7. The second-order valence-corrected chi connectivity index (χ2v) is 13.0. The number of sulfonamides is 1. The van der Waals surface area contributed by atoms with E-state index in [1.165, 1.54) is 16.4 Å². The number of likely N-dealkylation sites (tertiary alicyclic amines) is 1. The van der Waals surface area contributed by atoms with Crippen LogP contribution in [0, 0.1) is 0 Å². The number of piperidine rings is 1. The van der Waals surface area contributed by atoms with Crippen LogP contribution >= 0.6 is 0 Å². The molecule has 5 rings (SSSR count). The lowest BCUT2D eigenvalue weighted by Gasteiger charge is -2.38. The summed E-state index contributed by atoms with van der Waals surface area (Å²) in [6.45, 7) is 1.18. The van der Waals surface area contributed by atoms with Crippen molar-refractivity contribution in [3.05, 3.63) is 76.4 Å². The molecule has 0 spiro atoms. The third kappa shape index (κ3) is 6.38. The van der Waals surface area contributed by atoms with Gasteiger partial charge in [-0.15, -0.1) is 6.54 Å². The number of aromatic nitrogens is 3. The van der Waals surface area contributed by atoms with E-state index in [9.17, 15) is 31.8 Å². The molecule has 1 saturated heterocycles. The van der Waals surface area contributed by atoms with Gasteiger partial charge in [0.2, 0.25) is 10.0 Å². The van der Waals surface area contributed by atoms with E-state index < -0.39 is 40.0 Å². The molecular weight excluding hydrogens is 573 g/mol. The fourth-order valence-corrected chi connectivity index (χ4v) is 6.64. The molecular formula is C28H34F3N6O4S-. The zero-order valence-electron chi connectivity index (χ0n) is 23.2. The first-order chi connectivity index (χ1) is 19.8. The van der Waals surface area contributed by atoms with E-state index in [4.69, 9.17) is 5.73 Å². The van der Waals surface area contributed by atoms with Gasteiger partial charge in [0.25, 0.3) is 0 Å². The lowest BCUT2D eigenvalue weighted by molar-refractivity contribution is -0.138. The van der Waals surface area contributed by atoms with E-state index in [0.717, 1.165) is 18.0 Å². The quantitative estimate of drug-likeness (QED) is 0.402. The Morgan fingerprint density at radius 3 is 2.48 bits per heavy atom. The van der Waals surface area contributed by atoms with Crippen LogP contribution in [0.2, 0.25) is 0 Å². The van der Waals surface area contributed by atoms with E-state index in [2.05, 4.69) is 15.0 Å². The number of alkyl halides is 3. The Bertz CT molecular complexity index is 1520. The highest BCUT2D eigenvalue weighted by molar-refractivity contribution is 7.88. The van der Waals surface area contributed by atoms with E-state index in [0.29, 0.717) is 61.4 Å². The lowest BCUT2D eigenvalue weighted by Crippen LogP contribution is -2.46. The highest BCUT2D eigenvalue weighted by atomic mass is 32.2. The minimum Gasteiger partial charge on any atom is -0.674 e. The van der Waals surface area contributed by atoms with Crippen LogP contribution in [0.1, 0.15) is 40.9 Å². The molecule has 0 aliphatic carbocycles. The van der Waals surface area contributed by atoms with Gasteiger partial charge in [-0.25, -0.2) is 8.42 Å². The second-order valence-electron chi connectivity index (χ2n) is 11.0. The Kier molecular flexibility index (Phi) is 8.49. The average Bonchev–Trinajstić information content (AvgIpc) is 3.31. The molecule has 1 fully saturated rings. The molecule has 0 radical (unpaired) electrons. The molecule has 2 aliphatic rings. The Morgan fingerprint density at radius 2 is 1.86 bits per heavy atom. The van der Waals surface area contributed by atoms with Gasteiger partial charge in [-0.3, -0.25) is 9.67 Å². The first kappa shape index (κ1) is 30.6. The van der Waals surface area contributed by atoms with Crippen molar-refractivity contribution in [3.8, 4) is 11.3 Å². The van der Waals surface area contributed by atoms with E-state index in [1.54, 1.807) is 23.0 Å². The number of fused-ring (bicyclic) bond motifs is 1. The molecule has 1 unspecified atom stereocenters. The van der Waals surface area contributed by atoms with Crippen LogP contribution in [0.15, 0.2) is 42.6 Å². The predicted octanol–water partition coefficient (Wildman–Crippen LogP) is 3.18. The summed E-state index contributed by atoms with van der Waals surface area (Å²) in [6, 6.07) is 8.94. The molecule has 14 heteroatoms. The Hall–Kier alpha value is -2.88. The normalized spacial score (nSPS) is 19.0. The molecule has 4 heterocycles. The number of aliphatic hydroxyl groups is 2. The number of rotatable bonds is 8. The molecule has 42 heavy (non-hydrogen) atoms. The van der Waals surface area contributed by atoms with Crippen LogP contribution in [-0.4, -0.2) is 81.1 Å². The van der Waals surface area contributed by atoms with Gasteiger partial charge in [-0.2, -0.15) is 22.6 Å². The predicted molar refractivity (Wildman–Crippen MR) is 149 cm³/mol. The van der Waals surface area contributed by atoms with Gasteiger partial charge in [0.05, 0.1) is 35.9 Å². The molecule has 0 bridgehead atoms. The summed E-state index contributed by atoms with van der Waals surface area (Å²) in [7, 11) is -3.53. The van der Waals surface area contributed by atoms with E-state index in [1.807, 2.05) is 6.07 Å². The van der Waals surface area contributed by atoms with Crippen molar-refractivity contribution in [1.29, 1.82) is 0 Å². The van der Waals surface area contributed by atoms with E-state index in [-0.39, 0.29) is 25.2 Å².